The second-order valence-corrected chi connectivity index (χ2v) is 3.82. The van der Waals surface area contributed by atoms with E-state index in [1.807, 2.05) is 0 Å². The van der Waals surface area contributed by atoms with Gasteiger partial charge in [0.05, 0.1) is 6.42 Å². The van der Waals surface area contributed by atoms with E-state index in [2.05, 4.69) is 0 Å². The third-order valence-corrected chi connectivity index (χ3v) is 2.58. The van der Waals surface area contributed by atoms with Gasteiger partial charge in [-0.1, -0.05) is 0 Å². The van der Waals surface area contributed by atoms with Gasteiger partial charge < -0.3 is 15.3 Å². The van der Waals surface area contributed by atoms with Gasteiger partial charge in [0.25, 0.3) is 0 Å². The fourth-order valence-corrected chi connectivity index (χ4v) is 1.75. The highest BCUT2D eigenvalue weighted by molar-refractivity contribution is 5.88. The van der Waals surface area contributed by atoms with Crippen molar-refractivity contribution >= 4 is 16.9 Å². The van der Waals surface area contributed by atoms with Crippen LogP contribution in [0.15, 0.2) is 27.4 Å². The molecule has 17 heavy (non-hydrogen) atoms. The van der Waals surface area contributed by atoms with Gasteiger partial charge in [-0.2, -0.15) is 0 Å². The number of aryl methyl sites for hydroxylation is 1. The van der Waals surface area contributed by atoms with Crippen LogP contribution in [0.25, 0.3) is 11.0 Å². The summed E-state index contributed by atoms with van der Waals surface area (Å²) in [6, 6.07) is 4.32. The molecule has 0 saturated carbocycles. The molecule has 0 fully saturated rings. The van der Waals surface area contributed by atoms with E-state index in [4.69, 9.17) is 10.2 Å². The molecule has 0 aliphatic heterocycles. The lowest BCUT2D eigenvalue weighted by Gasteiger charge is -2.06. The van der Waals surface area contributed by atoms with Crippen molar-refractivity contribution in [3.05, 3.63) is 39.7 Å². The van der Waals surface area contributed by atoms with Gasteiger partial charge in [0, 0.05) is 17.0 Å². The standard InChI is InChI=1S/C12H11NO4/c1-6-9(14)3-2-8-7(4-10(13)15)5-11(16)17-12(6)8/h2-3,5,14H,4H2,1H3,(H2,13,15). The summed E-state index contributed by atoms with van der Waals surface area (Å²) < 4.78 is 5.03. The number of nitrogens with two attached hydrogens (primary N) is 1. The number of carbonyl (C=O) groups is 1. The van der Waals surface area contributed by atoms with Gasteiger partial charge in [0.1, 0.15) is 11.3 Å². The van der Waals surface area contributed by atoms with Crippen LogP contribution in [0, 0.1) is 6.92 Å². The number of hydrogen-bond donors (Lipinski definition) is 2. The van der Waals surface area contributed by atoms with E-state index >= 15 is 0 Å². The van der Waals surface area contributed by atoms with Crippen molar-refractivity contribution in [2.75, 3.05) is 0 Å². The van der Waals surface area contributed by atoms with E-state index in [0.717, 1.165) is 0 Å². The molecule has 0 unspecified atom stereocenters. The van der Waals surface area contributed by atoms with Gasteiger partial charge in [0.2, 0.25) is 5.91 Å². The van der Waals surface area contributed by atoms with Crippen LogP contribution in [0.5, 0.6) is 5.75 Å². The minimum atomic E-state index is -0.567. The SMILES string of the molecule is Cc1c(O)ccc2c(CC(N)=O)cc(=O)oc12. The van der Waals surface area contributed by atoms with Gasteiger partial charge in [-0.05, 0) is 24.6 Å². The topological polar surface area (TPSA) is 93.5 Å². The number of phenols is 1. The molecule has 2 aromatic rings. The Hall–Kier alpha value is -2.30. The van der Waals surface area contributed by atoms with Crippen LogP contribution in [-0.4, -0.2) is 11.0 Å². The van der Waals surface area contributed by atoms with Crippen molar-refractivity contribution in [3.8, 4) is 5.75 Å². The average Bonchev–Trinajstić information content (AvgIpc) is 2.23. The third-order valence-electron chi connectivity index (χ3n) is 2.58. The maximum absolute atomic E-state index is 11.3. The molecule has 0 saturated heterocycles. The van der Waals surface area contributed by atoms with Crippen LogP contribution in [-0.2, 0) is 11.2 Å². The van der Waals surface area contributed by atoms with Crippen LogP contribution in [0.4, 0.5) is 0 Å². The maximum atomic E-state index is 11.3. The molecule has 1 heterocycles. The van der Waals surface area contributed by atoms with Crippen LogP contribution in [0.3, 0.4) is 0 Å². The lowest BCUT2D eigenvalue weighted by atomic mass is 10.0. The first-order valence-corrected chi connectivity index (χ1v) is 5.02. The maximum Gasteiger partial charge on any atom is 0.336 e. The highest BCUT2D eigenvalue weighted by Gasteiger charge is 2.11. The van der Waals surface area contributed by atoms with Gasteiger partial charge in [-0.25, -0.2) is 4.79 Å². The molecule has 1 aromatic heterocycles. The summed E-state index contributed by atoms with van der Waals surface area (Å²) in [4.78, 5) is 22.3. The molecule has 88 valence electrons. The molecule has 1 aromatic carbocycles. The first kappa shape index (κ1) is 11.2. The first-order valence-electron chi connectivity index (χ1n) is 5.02. The molecule has 2 rings (SSSR count). The number of amides is 1. The monoisotopic (exact) mass is 233 g/mol. The summed E-state index contributed by atoms with van der Waals surface area (Å²) in [5, 5.41) is 10.1. The van der Waals surface area contributed by atoms with E-state index in [1.54, 1.807) is 13.0 Å². The van der Waals surface area contributed by atoms with Gasteiger partial charge in [0.15, 0.2) is 0 Å². The zero-order chi connectivity index (χ0) is 12.6. The largest absolute Gasteiger partial charge is 0.508 e. The predicted molar refractivity (Wildman–Crippen MR) is 61.8 cm³/mol. The molecule has 0 aliphatic carbocycles. The number of fused-ring (bicyclic) bond motifs is 1. The van der Waals surface area contributed by atoms with E-state index in [0.29, 0.717) is 16.5 Å². The third kappa shape index (κ3) is 1.99. The summed E-state index contributed by atoms with van der Waals surface area (Å²) in [5.41, 5.74) is 5.80. The highest BCUT2D eigenvalue weighted by Crippen LogP contribution is 2.27. The van der Waals surface area contributed by atoms with Crippen molar-refractivity contribution in [1.82, 2.24) is 0 Å². The van der Waals surface area contributed by atoms with Crippen molar-refractivity contribution in [2.24, 2.45) is 5.73 Å². The number of primary amides is 1. The fourth-order valence-electron chi connectivity index (χ4n) is 1.75. The summed E-state index contributed by atoms with van der Waals surface area (Å²) in [5.74, 6) is -0.487. The Bertz CT molecular complexity index is 657. The average molecular weight is 233 g/mol. The van der Waals surface area contributed by atoms with E-state index in [9.17, 15) is 14.7 Å². The molecule has 0 aliphatic rings. The van der Waals surface area contributed by atoms with Crippen LogP contribution < -0.4 is 11.4 Å². The number of aromatic hydroxyl groups is 1. The number of phenolic OH excluding ortho intramolecular Hbond substituents is 1. The van der Waals surface area contributed by atoms with E-state index in [-0.39, 0.29) is 17.8 Å². The minimum absolute atomic E-state index is 0.0354. The van der Waals surface area contributed by atoms with Crippen LogP contribution in [0.1, 0.15) is 11.1 Å². The van der Waals surface area contributed by atoms with Crippen molar-refractivity contribution in [2.45, 2.75) is 13.3 Å². The Balaban J connectivity index is 2.81. The van der Waals surface area contributed by atoms with Crippen molar-refractivity contribution < 1.29 is 14.3 Å². The summed E-state index contributed by atoms with van der Waals surface area (Å²) >= 11 is 0. The van der Waals surface area contributed by atoms with E-state index in [1.165, 1.54) is 12.1 Å². The zero-order valence-corrected chi connectivity index (χ0v) is 9.19. The zero-order valence-electron chi connectivity index (χ0n) is 9.19. The molecule has 5 heteroatoms. The summed E-state index contributed by atoms with van der Waals surface area (Å²) in [6.07, 6.45) is -0.0354. The highest BCUT2D eigenvalue weighted by atomic mass is 16.4. The predicted octanol–water partition coefficient (Wildman–Crippen LogP) is 0.835. The molecule has 0 spiro atoms. The lowest BCUT2D eigenvalue weighted by Crippen LogP contribution is -2.15. The van der Waals surface area contributed by atoms with Crippen LogP contribution >= 0.6 is 0 Å². The normalized spacial score (nSPS) is 10.6. The van der Waals surface area contributed by atoms with Gasteiger partial charge >= 0.3 is 5.63 Å². The molecular formula is C12H11NO4. The van der Waals surface area contributed by atoms with Gasteiger partial charge in [-0.3, -0.25) is 4.79 Å². The first-order chi connectivity index (χ1) is 7.99. The number of carbonyl (C=O) groups excluding carboxylic acids is 1. The molecule has 0 radical (unpaired) electrons. The summed E-state index contributed by atoms with van der Waals surface area (Å²) in [6.45, 7) is 1.63. The Kier molecular flexibility index (Phi) is 2.59. The Morgan fingerprint density at radius 2 is 2.18 bits per heavy atom. The Labute approximate surface area is 96.5 Å². The fraction of sp³-hybridized carbons (Fsp3) is 0.167. The number of benzene rings is 1. The van der Waals surface area contributed by atoms with Crippen molar-refractivity contribution in [3.63, 3.8) is 0 Å². The second-order valence-electron chi connectivity index (χ2n) is 3.82. The van der Waals surface area contributed by atoms with Gasteiger partial charge in [-0.15, -0.1) is 0 Å². The minimum Gasteiger partial charge on any atom is -0.508 e. The molecule has 0 atom stereocenters. The Morgan fingerprint density at radius 1 is 1.47 bits per heavy atom. The summed E-state index contributed by atoms with van der Waals surface area (Å²) in [7, 11) is 0. The molecule has 3 N–H and O–H groups in total. The smallest absolute Gasteiger partial charge is 0.336 e. The second kappa shape index (κ2) is 3.93. The quantitative estimate of drug-likeness (QED) is 0.751. The molecule has 1 amide bonds. The van der Waals surface area contributed by atoms with Crippen LogP contribution in [0.2, 0.25) is 0 Å². The lowest BCUT2D eigenvalue weighted by molar-refractivity contribution is -0.117. The number of rotatable bonds is 2. The number of hydrogen-bond acceptors (Lipinski definition) is 4. The molecular weight excluding hydrogens is 222 g/mol. The van der Waals surface area contributed by atoms with Crippen molar-refractivity contribution in [1.29, 1.82) is 0 Å². The van der Waals surface area contributed by atoms with E-state index < -0.39 is 11.5 Å². The Morgan fingerprint density at radius 3 is 2.82 bits per heavy atom. The molecule has 0 bridgehead atoms. The molecule has 5 nitrogen and oxygen atoms in total.